The maximum atomic E-state index is 10.7. The highest BCUT2D eigenvalue weighted by molar-refractivity contribution is 7.98. The fourth-order valence-electron chi connectivity index (χ4n) is 1.35. The van der Waals surface area contributed by atoms with Crippen LogP contribution in [0.3, 0.4) is 0 Å². The maximum Gasteiger partial charge on any atom is 0.269 e. The number of hydrogen-bond acceptors (Lipinski definition) is 6. The quantitative estimate of drug-likeness (QED) is 0.298. The van der Waals surface area contributed by atoms with E-state index in [0.717, 1.165) is 10.6 Å². The number of nitro groups is 1. The molecule has 0 unspecified atom stereocenters. The van der Waals surface area contributed by atoms with Gasteiger partial charge in [0.2, 0.25) is 0 Å². The van der Waals surface area contributed by atoms with Crippen LogP contribution < -0.4 is 5.73 Å². The Morgan fingerprint density at radius 3 is 2.89 bits per heavy atom. The van der Waals surface area contributed by atoms with Gasteiger partial charge < -0.3 is 5.73 Å². The van der Waals surface area contributed by atoms with Crippen LogP contribution in [0.4, 0.5) is 11.4 Å². The number of nitro benzene ring substituents is 1. The Labute approximate surface area is 107 Å². The molecule has 18 heavy (non-hydrogen) atoms. The average molecular weight is 262 g/mol. The number of rotatable bonds is 4. The minimum atomic E-state index is -0.432. The smallest absolute Gasteiger partial charge is 0.269 e. The molecule has 0 radical (unpaired) electrons. The first-order valence-corrected chi connectivity index (χ1v) is 6.07. The summed E-state index contributed by atoms with van der Waals surface area (Å²) >= 11 is 1.45. The zero-order valence-electron chi connectivity index (χ0n) is 9.31. The zero-order chi connectivity index (χ0) is 13.0. The largest absolute Gasteiger partial charge is 0.398 e. The van der Waals surface area contributed by atoms with Gasteiger partial charge in [-0.2, -0.15) is 0 Å². The van der Waals surface area contributed by atoms with E-state index in [1.165, 1.54) is 30.2 Å². The number of aromatic nitrogens is 2. The first kappa shape index (κ1) is 12.3. The van der Waals surface area contributed by atoms with Gasteiger partial charge in [-0.1, -0.05) is 0 Å². The van der Waals surface area contributed by atoms with Crippen molar-refractivity contribution in [1.29, 1.82) is 0 Å². The fraction of sp³-hybridized carbons (Fsp3) is 0.0909. The predicted molar refractivity (Wildman–Crippen MR) is 69.1 cm³/mol. The van der Waals surface area contributed by atoms with E-state index < -0.39 is 4.92 Å². The lowest BCUT2D eigenvalue weighted by Crippen LogP contribution is -1.96. The molecule has 0 bridgehead atoms. The van der Waals surface area contributed by atoms with Gasteiger partial charge in [0.15, 0.2) is 0 Å². The van der Waals surface area contributed by atoms with Crippen molar-refractivity contribution in [2.45, 2.75) is 10.8 Å². The highest BCUT2D eigenvalue weighted by atomic mass is 32.2. The van der Waals surface area contributed by atoms with E-state index in [2.05, 4.69) is 9.97 Å². The molecule has 0 saturated heterocycles. The lowest BCUT2D eigenvalue weighted by atomic mass is 10.2. The van der Waals surface area contributed by atoms with Gasteiger partial charge in [-0.3, -0.25) is 10.1 Å². The van der Waals surface area contributed by atoms with Crippen LogP contribution in [0.1, 0.15) is 5.56 Å². The van der Waals surface area contributed by atoms with Gasteiger partial charge in [0.05, 0.1) is 9.95 Å². The monoisotopic (exact) mass is 262 g/mol. The summed E-state index contributed by atoms with van der Waals surface area (Å²) in [6.07, 6.45) is 3.10. The van der Waals surface area contributed by atoms with Crippen molar-refractivity contribution in [2.24, 2.45) is 0 Å². The second kappa shape index (κ2) is 5.46. The van der Waals surface area contributed by atoms with E-state index in [1.807, 2.05) is 0 Å². The Kier molecular flexibility index (Phi) is 3.73. The molecule has 92 valence electrons. The number of nitrogens with two attached hydrogens (primary N) is 1. The maximum absolute atomic E-state index is 10.7. The standard InChI is InChI=1S/C11H10N4O2S/c12-10-2-1-9(15(16)17)5-8(10)6-18-11-3-4-13-7-14-11/h1-5,7H,6,12H2. The molecule has 0 saturated carbocycles. The first-order valence-electron chi connectivity index (χ1n) is 5.08. The molecule has 0 aliphatic heterocycles. The summed E-state index contributed by atoms with van der Waals surface area (Å²) < 4.78 is 0. The van der Waals surface area contributed by atoms with Gasteiger partial charge in [0, 0.05) is 29.8 Å². The average Bonchev–Trinajstić information content (AvgIpc) is 2.38. The van der Waals surface area contributed by atoms with Crippen LogP contribution in [0.15, 0.2) is 41.8 Å². The molecule has 7 heteroatoms. The molecule has 1 aromatic carbocycles. The van der Waals surface area contributed by atoms with E-state index in [0.29, 0.717) is 11.4 Å². The van der Waals surface area contributed by atoms with Crippen LogP contribution in [0.25, 0.3) is 0 Å². The van der Waals surface area contributed by atoms with Gasteiger partial charge in [0.25, 0.3) is 5.69 Å². The molecule has 0 fully saturated rings. The molecule has 2 N–H and O–H groups in total. The molecule has 0 aliphatic rings. The van der Waals surface area contributed by atoms with E-state index in [1.54, 1.807) is 18.3 Å². The van der Waals surface area contributed by atoms with Crippen molar-refractivity contribution < 1.29 is 4.92 Å². The molecule has 2 rings (SSSR count). The summed E-state index contributed by atoms with van der Waals surface area (Å²) in [6, 6.07) is 6.21. The Balaban J connectivity index is 2.14. The number of anilines is 1. The third-order valence-corrected chi connectivity index (χ3v) is 3.26. The topological polar surface area (TPSA) is 94.9 Å². The van der Waals surface area contributed by atoms with E-state index >= 15 is 0 Å². The van der Waals surface area contributed by atoms with Gasteiger partial charge >= 0.3 is 0 Å². The minimum absolute atomic E-state index is 0.0440. The third-order valence-electron chi connectivity index (χ3n) is 2.27. The van der Waals surface area contributed by atoms with Crippen molar-refractivity contribution in [1.82, 2.24) is 9.97 Å². The minimum Gasteiger partial charge on any atom is -0.398 e. The van der Waals surface area contributed by atoms with E-state index in [4.69, 9.17) is 5.73 Å². The van der Waals surface area contributed by atoms with Gasteiger partial charge in [-0.05, 0) is 17.7 Å². The van der Waals surface area contributed by atoms with E-state index in [-0.39, 0.29) is 5.69 Å². The highest BCUT2D eigenvalue weighted by Crippen LogP contribution is 2.26. The second-order valence-electron chi connectivity index (χ2n) is 3.48. The van der Waals surface area contributed by atoms with Crippen LogP contribution in [0.5, 0.6) is 0 Å². The first-order chi connectivity index (χ1) is 8.66. The molecule has 0 aliphatic carbocycles. The normalized spacial score (nSPS) is 10.2. The number of nitrogen functional groups attached to an aromatic ring is 1. The second-order valence-corrected chi connectivity index (χ2v) is 4.47. The van der Waals surface area contributed by atoms with Crippen molar-refractivity contribution in [3.8, 4) is 0 Å². The molecule has 0 amide bonds. The van der Waals surface area contributed by atoms with Gasteiger partial charge in [-0.15, -0.1) is 11.8 Å². The molecule has 0 spiro atoms. The summed E-state index contributed by atoms with van der Waals surface area (Å²) in [5.74, 6) is 0.532. The lowest BCUT2D eigenvalue weighted by molar-refractivity contribution is -0.384. The van der Waals surface area contributed by atoms with Crippen LogP contribution in [-0.4, -0.2) is 14.9 Å². The number of thioether (sulfide) groups is 1. The van der Waals surface area contributed by atoms with Crippen molar-refractivity contribution in [3.63, 3.8) is 0 Å². The van der Waals surface area contributed by atoms with Crippen molar-refractivity contribution in [3.05, 3.63) is 52.5 Å². The van der Waals surface area contributed by atoms with Crippen LogP contribution in [0, 0.1) is 10.1 Å². The summed E-state index contributed by atoms with van der Waals surface area (Å²) in [7, 11) is 0. The molecule has 1 aromatic heterocycles. The number of non-ortho nitro benzene ring substituents is 1. The SMILES string of the molecule is Nc1ccc([N+](=O)[O-])cc1CSc1ccncn1. The third kappa shape index (κ3) is 2.95. The zero-order valence-corrected chi connectivity index (χ0v) is 10.1. The Bertz CT molecular complexity index is 562. The molecule has 2 aromatic rings. The number of benzene rings is 1. The van der Waals surface area contributed by atoms with Gasteiger partial charge in [0.1, 0.15) is 6.33 Å². The predicted octanol–water partition coefficient (Wildman–Crippen LogP) is 2.26. The molecule has 1 heterocycles. The summed E-state index contributed by atoms with van der Waals surface area (Å²) in [5, 5.41) is 11.5. The van der Waals surface area contributed by atoms with Gasteiger partial charge in [-0.25, -0.2) is 9.97 Å². The molecular formula is C11H10N4O2S. The Morgan fingerprint density at radius 2 is 2.22 bits per heavy atom. The highest BCUT2D eigenvalue weighted by Gasteiger charge is 2.09. The van der Waals surface area contributed by atoms with Crippen LogP contribution in [0.2, 0.25) is 0 Å². The molecule has 0 atom stereocenters. The lowest BCUT2D eigenvalue weighted by Gasteiger charge is -2.04. The van der Waals surface area contributed by atoms with Crippen molar-refractivity contribution >= 4 is 23.1 Å². The summed E-state index contributed by atoms with van der Waals surface area (Å²) in [6.45, 7) is 0. The fourth-order valence-corrected chi connectivity index (χ4v) is 2.18. The number of hydrogen-bond donors (Lipinski definition) is 1. The Morgan fingerprint density at radius 1 is 1.39 bits per heavy atom. The van der Waals surface area contributed by atoms with Crippen molar-refractivity contribution in [2.75, 3.05) is 5.73 Å². The Hall–Kier alpha value is -2.15. The molecular weight excluding hydrogens is 252 g/mol. The number of nitrogens with zero attached hydrogens (tertiary/aromatic N) is 3. The molecule has 6 nitrogen and oxygen atoms in total. The summed E-state index contributed by atoms with van der Waals surface area (Å²) in [5.41, 5.74) is 7.10. The summed E-state index contributed by atoms with van der Waals surface area (Å²) in [4.78, 5) is 18.1. The van der Waals surface area contributed by atoms with Crippen LogP contribution >= 0.6 is 11.8 Å². The van der Waals surface area contributed by atoms with E-state index in [9.17, 15) is 10.1 Å². The van der Waals surface area contributed by atoms with Crippen LogP contribution in [-0.2, 0) is 5.75 Å².